The van der Waals surface area contributed by atoms with Gasteiger partial charge in [-0.15, -0.1) is 5.10 Å². The first-order chi connectivity index (χ1) is 12.6. The van der Waals surface area contributed by atoms with Crippen molar-refractivity contribution in [2.24, 2.45) is 0 Å². The Hall–Kier alpha value is -3.29. The van der Waals surface area contributed by atoms with Crippen LogP contribution in [0.3, 0.4) is 0 Å². The third kappa shape index (κ3) is 3.39. The van der Waals surface area contributed by atoms with Gasteiger partial charge in [0.15, 0.2) is 0 Å². The van der Waals surface area contributed by atoms with E-state index in [9.17, 15) is 9.59 Å². The molecule has 2 heterocycles. The maximum Gasteiger partial charge on any atom is 0.325 e. The fourth-order valence-electron chi connectivity index (χ4n) is 2.87. The lowest BCUT2D eigenvalue weighted by Gasteiger charge is -2.09. The Morgan fingerprint density at radius 3 is 2.85 bits per heavy atom. The fraction of sp³-hybridized carbons (Fsp3) is 0.278. The molecule has 26 heavy (non-hydrogen) atoms. The highest BCUT2D eigenvalue weighted by Crippen LogP contribution is 2.40. The molecular formula is C18H17N5O3. The lowest BCUT2D eigenvalue weighted by Crippen LogP contribution is -2.23. The molecule has 1 amide bonds. The highest BCUT2D eigenvalue weighted by atomic mass is 16.4. The number of carboxylic acid groups (broad SMARTS) is 1. The van der Waals surface area contributed by atoms with Crippen molar-refractivity contribution in [3.8, 4) is 0 Å². The summed E-state index contributed by atoms with van der Waals surface area (Å²) in [4.78, 5) is 28.1. The summed E-state index contributed by atoms with van der Waals surface area (Å²) >= 11 is 0. The molecule has 2 N–H and O–H groups in total. The van der Waals surface area contributed by atoms with Gasteiger partial charge < -0.3 is 10.4 Å². The number of amides is 1. The molecule has 8 heteroatoms. The van der Waals surface area contributed by atoms with E-state index in [1.54, 1.807) is 0 Å². The Labute approximate surface area is 148 Å². The molecule has 1 saturated carbocycles. The van der Waals surface area contributed by atoms with Crippen molar-refractivity contribution >= 4 is 22.8 Å². The van der Waals surface area contributed by atoms with Crippen LogP contribution in [-0.4, -0.2) is 37.0 Å². The summed E-state index contributed by atoms with van der Waals surface area (Å²) in [6.45, 7) is -0.0887. The van der Waals surface area contributed by atoms with Crippen LogP contribution in [0.2, 0.25) is 0 Å². The van der Waals surface area contributed by atoms with Crippen LogP contribution in [0.1, 0.15) is 40.5 Å². The Kier molecular flexibility index (Phi) is 4.08. The molecule has 0 radical (unpaired) electrons. The molecule has 0 aliphatic heterocycles. The van der Waals surface area contributed by atoms with Gasteiger partial charge in [-0.25, -0.2) is 4.68 Å². The van der Waals surface area contributed by atoms with Gasteiger partial charge in [-0.05, 0) is 25.0 Å². The zero-order chi connectivity index (χ0) is 18.1. The van der Waals surface area contributed by atoms with Crippen molar-refractivity contribution in [2.45, 2.75) is 31.8 Å². The number of pyridine rings is 1. The van der Waals surface area contributed by atoms with E-state index in [1.165, 1.54) is 10.9 Å². The Morgan fingerprint density at radius 2 is 2.08 bits per heavy atom. The van der Waals surface area contributed by atoms with Crippen molar-refractivity contribution < 1.29 is 14.7 Å². The molecule has 2 aromatic heterocycles. The van der Waals surface area contributed by atoms with Crippen molar-refractivity contribution in [2.75, 3.05) is 0 Å². The van der Waals surface area contributed by atoms with Crippen LogP contribution < -0.4 is 5.32 Å². The number of carbonyl (C=O) groups excluding carboxylic acids is 1. The lowest BCUT2D eigenvalue weighted by atomic mass is 10.1. The minimum Gasteiger partial charge on any atom is -0.480 e. The molecule has 0 unspecified atom stereocenters. The number of carboxylic acids is 1. The number of aliphatic carboxylic acids is 1. The zero-order valence-corrected chi connectivity index (χ0v) is 13.9. The average Bonchev–Trinajstić information content (AvgIpc) is 3.39. The van der Waals surface area contributed by atoms with Crippen LogP contribution in [-0.2, 0) is 17.9 Å². The van der Waals surface area contributed by atoms with Gasteiger partial charge in [0.2, 0.25) is 0 Å². The molecular weight excluding hydrogens is 334 g/mol. The second-order valence-electron chi connectivity index (χ2n) is 6.37. The van der Waals surface area contributed by atoms with Crippen LogP contribution in [0.15, 0.2) is 36.5 Å². The van der Waals surface area contributed by atoms with Crippen LogP contribution >= 0.6 is 0 Å². The predicted molar refractivity (Wildman–Crippen MR) is 92.5 cm³/mol. The van der Waals surface area contributed by atoms with Gasteiger partial charge >= 0.3 is 5.97 Å². The Balaban J connectivity index is 1.54. The number of nitrogens with one attached hydrogen (secondary N) is 1. The fourth-order valence-corrected chi connectivity index (χ4v) is 2.87. The first kappa shape index (κ1) is 16.2. The van der Waals surface area contributed by atoms with E-state index in [2.05, 4.69) is 20.6 Å². The Morgan fingerprint density at radius 1 is 1.27 bits per heavy atom. The summed E-state index contributed by atoms with van der Waals surface area (Å²) in [5.41, 5.74) is 2.87. The molecule has 3 aromatic rings. The third-order valence-electron chi connectivity index (χ3n) is 4.29. The van der Waals surface area contributed by atoms with Gasteiger partial charge in [-0.2, -0.15) is 0 Å². The highest BCUT2D eigenvalue weighted by molar-refractivity contribution is 6.06. The molecule has 1 aliphatic rings. The van der Waals surface area contributed by atoms with Crippen molar-refractivity contribution in [1.82, 2.24) is 25.3 Å². The van der Waals surface area contributed by atoms with E-state index in [0.29, 0.717) is 17.2 Å². The van der Waals surface area contributed by atoms with Crippen LogP contribution in [0, 0.1) is 0 Å². The predicted octanol–water partition coefficient (Wildman–Crippen LogP) is 1.72. The zero-order valence-electron chi connectivity index (χ0n) is 13.9. The van der Waals surface area contributed by atoms with Crippen molar-refractivity contribution in [1.29, 1.82) is 0 Å². The molecule has 1 fully saturated rings. The summed E-state index contributed by atoms with van der Waals surface area (Å²) in [6, 6.07) is 9.46. The number of hydrogen-bond donors (Lipinski definition) is 2. The molecule has 1 aliphatic carbocycles. The maximum atomic E-state index is 12.7. The number of aromatic nitrogens is 4. The first-order valence-corrected chi connectivity index (χ1v) is 8.39. The molecule has 0 atom stereocenters. The van der Waals surface area contributed by atoms with E-state index in [4.69, 9.17) is 5.11 Å². The van der Waals surface area contributed by atoms with Gasteiger partial charge in [-0.1, -0.05) is 23.4 Å². The SMILES string of the molecule is O=C(O)Cn1cc(CNC(=O)c2cc(C3CC3)nc3ccccc23)nn1. The van der Waals surface area contributed by atoms with Crippen LogP contribution in [0.5, 0.6) is 0 Å². The summed E-state index contributed by atoms with van der Waals surface area (Å²) in [7, 11) is 0. The monoisotopic (exact) mass is 351 g/mol. The number of nitrogens with zero attached hydrogens (tertiary/aromatic N) is 4. The number of carbonyl (C=O) groups is 2. The van der Waals surface area contributed by atoms with Gasteiger partial charge in [0.25, 0.3) is 5.91 Å². The number of fused-ring (bicyclic) bond motifs is 1. The third-order valence-corrected chi connectivity index (χ3v) is 4.29. The minimum atomic E-state index is -0.999. The second-order valence-corrected chi connectivity index (χ2v) is 6.37. The van der Waals surface area contributed by atoms with E-state index >= 15 is 0 Å². The van der Waals surface area contributed by atoms with Gasteiger partial charge in [0, 0.05) is 17.0 Å². The summed E-state index contributed by atoms with van der Waals surface area (Å²) in [5.74, 6) is -0.762. The standard InChI is InChI=1S/C18H17N5O3/c24-17(25)10-23-9-12(21-22-23)8-19-18(26)14-7-16(11-5-6-11)20-15-4-2-1-3-13(14)15/h1-4,7,9,11H,5-6,8,10H2,(H,19,26)(H,24,25). The molecule has 0 saturated heterocycles. The van der Waals surface area contributed by atoms with E-state index in [1.807, 2.05) is 30.3 Å². The quantitative estimate of drug-likeness (QED) is 0.700. The average molecular weight is 351 g/mol. The summed E-state index contributed by atoms with van der Waals surface area (Å²) < 4.78 is 1.22. The van der Waals surface area contributed by atoms with Crippen molar-refractivity contribution in [3.63, 3.8) is 0 Å². The first-order valence-electron chi connectivity index (χ1n) is 8.39. The lowest BCUT2D eigenvalue weighted by molar-refractivity contribution is -0.137. The number of hydrogen-bond acceptors (Lipinski definition) is 5. The summed E-state index contributed by atoms with van der Waals surface area (Å²) in [5, 5.41) is 20.0. The van der Waals surface area contributed by atoms with E-state index in [0.717, 1.165) is 29.4 Å². The highest BCUT2D eigenvalue weighted by Gasteiger charge is 2.26. The summed E-state index contributed by atoms with van der Waals surface area (Å²) in [6.07, 6.45) is 3.73. The normalized spacial score (nSPS) is 13.7. The number of rotatable bonds is 6. The molecule has 0 spiro atoms. The largest absolute Gasteiger partial charge is 0.480 e. The maximum absolute atomic E-state index is 12.7. The topological polar surface area (TPSA) is 110 Å². The van der Waals surface area contributed by atoms with E-state index < -0.39 is 5.97 Å². The van der Waals surface area contributed by atoms with Gasteiger partial charge in [0.05, 0.1) is 23.8 Å². The smallest absolute Gasteiger partial charge is 0.325 e. The molecule has 8 nitrogen and oxygen atoms in total. The van der Waals surface area contributed by atoms with Crippen LogP contribution in [0.25, 0.3) is 10.9 Å². The number of para-hydroxylation sites is 1. The van der Waals surface area contributed by atoms with Crippen LogP contribution in [0.4, 0.5) is 0 Å². The van der Waals surface area contributed by atoms with Crippen molar-refractivity contribution in [3.05, 3.63) is 53.5 Å². The molecule has 1 aromatic carbocycles. The second kappa shape index (κ2) is 6.55. The minimum absolute atomic E-state index is 0.174. The van der Waals surface area contributed by atoms with E-state index in [-0.39, 0.29) is 19.0 Å². The van der Waals surface area contributed by atoms with Gasteiger partial charge in [0.1, 0.15) is 12.2 Å². The molecule has 132 valence electrons. The Bertz CT molecular complexity index is 993. The molecule has 0 bridgehead atoms. The van der Waals surface area contributed by atoms with Gasteiger partial charge in [-0.3, -0.25) is 14.6 Å². The molecule has 4 rings (SSSR count). The number of benzene rings is 1.